The first-order valence-corrected chi connectivity index (χ1v) is 6.98. The molecule has 1 rings (SSSR count). The molecule has 0 radical (unpaired) electrons. The van der Waals surface area contributed by atoms with Crippen LogP contribution in [0.3, 0.4) is 0 Å². The fourth-order valence-electron chi connectivity index (χ4n) is 1.35. The maximum absolute atomic E-state index is 13.6. The van der Waals surface area contributed by atoms with Crippen LogP contribution >= 0.6 is 0 Å². The Hall–Kier alpha value is -1.14. The summed E-state index contributed by atoms with van der Waals surface area (Å²) >= 11 is 0. The summed E-state index contributed by atoms with van der Waals surface area (Å²) in [5, 5.41) is 8.56. The minimum Gasteiger partial charge on any atom is -0.396 e. The maximum Gasteiger partial charge on any atom is 0.232 e. The summed E-state index contributed by atoms with van der Waals surface area (Å²) in [6, 6.07) is 4.54. The summed E-state index contributed by atoms with van der Waals surface area (Å²) in [5.41, 5.74) is 0.356. The lowest BCUT2D eigenvalue weighted by atomic mass is 10.2. The number of unbranched alkanes of at least 4 members (excludes halogenated alkanes) is 1. The Morgan fingerprint density at radius 2 is 2.06 bits per heavy atom. The van der Waals surface area contributed by atoms with Gasteiger partial charge in [0.15, 0.2) is 0 Å². The molecule has 4 nitrogen and oxygen atoms in total. The van der Waals surface area contributed by atoms with Crippen LogP contribution in [0.4, 0.5) is 10.1 Å². The van der Waals surface area contributed by atoms with Crippen molar-refractivity contribution in [2.24, 2.45) is 0 Å². The molecule has 17 heavy (non-hydrogen) atoms. The number of benzene rings is 1. The number of hydrogen-bond donors (Lipinski definition) is 2. The number of nitrogens with one attached hydrogen (secondary N) is 1. The molecule has 0 aliphatic carbocycles. The highest BCUT2D eigenvalue weighted by molar-refractivity contribution is 7.92. The smallest absolute Gasteiger partial charge is 0.232 e. The van der Waals surface area contributed by atoms with Crippen LogP contribution in [0.25, 0.3) is 0 Å². The van der Waals surface area contributed by atoms with E-state index in [0.29, 0.717) is 18.4 Å². The fourth-order valence-corrected chi connectivity index (χ4v) is 2.53. The van der Waals surface area contributed by atoms with Crippen LogP contribution in [-0.2, 0) is 10.0 Å². The maximum atomic E-state index is 13.6. The predicted molar refractivity (Wildman–Crippen MR) is 64.9 cm³/mol. The van der Waals surface area contributed by atoms with Crippen LogP contribution in [0.1, 0.15) is 18.4 Å². The minimum atomic E-state index is -3.55. The Kier molecular flexibility index (Phi) is 4.89. The van der Waals surface area contributed by atoms with Crippen LogP contribution in [0, 0.1) is 12.7 Å². The summed E-state index contributed by atoms with van der Waals surface area (Å²) in [6.45, 7) is 1.52. The van der Waals surface area contributed by atoms with Gasteiger partial charge in [-0.15, -0.1) is 0 Å². The van der Waals surface area contributed by atoms with E-state index in [0.717, 1.165) is 0 Å². The topological polar surface area (TPSA) is 66.4 Å². The highest BCUT2D eigenvalue weighted by Gasteiger charge is 2.13. The molecule has 96 valence electrons. The van der Waals surface area contributed by atoms with Gasteiger partial charge in [0.05, 0.1) is 11.4 Å². The standard InChI is InChI=1S/C11H16FNO3S/c1-9-5-4-6-10(11(9)12)13-17(15,16)8-3-2-7-14/h4-6,13-14H,2-3,7-8H2,1H3. The molecule has 0 heterocycles. The fraction of sp³-hybridized carbons (Fsp3) is 0.455. The largest absolute Gasteiger partial charge is 0.396 e. The molecule has 0 unspecified atom stereocenters. The SMILES string of the molecule is Cc1cccc(NS(=O)(=O)CCCCO)c1F. The quantitative estimate of drug-likeness (QED) is 0.765. The third kappa shape index (κ3) is 4.32. The lowest BCUT2D eigenvalue weighted by Gasteiger charge is -2.09. The third-order valence-corrected chi connectivity index (χ3v) is 3.64. The van der Waals surface area contributed by atoms with Gasteiger partial charge in [-0.1, -0.05) is 12.1 Å². The number of halogens is 1. The molecule has 2 N–H and O–H groups in total. The van der Waals surface area contributed by atoms with Gasteiger partial charge in [0.1, 0.15) is 5.82 Å². The van der Waals surface area contributed by atoms with Crippen LogP contribution in [0.2, 0.25) is 0 Å². The molecule has 0 atom stereocenters. The molecule has 1 aromatic rings. The van der Waals surface area contributed by atoms with Crippen LogP contribution in [0.5, 0.6) is 0 Å². The number of hydrogen-bond acceptors (Lipinski definition) is 3. The van der Waals surface area contributed by atoms with Crippen molar-refractivity contribution < 1.29 is 17.9 Å². The summed E-state index contributed by atoms with van der Waals surface area (Å²) < 4.78 is 38.9. The van der Waals surface area contributed by atoms with Gasteiger partial charge in [0, 0.05) is 6.61 Å². The lowest BCUT2D eigenvalue weighted by molar-refractivity contribution is 0.287. The molecule has 0 spiro atoms. The van der Waals surface area contributed by atoms with E-state index in [4.69, 9.17) is 5.11 Å². The van der Waals surface area contributed by atoms with E-state index < -0.39 is 15.8 Å². The Labute approximate surface area is 101 Å². The molecule has 0 aliphatic rings. The van der Waals surface area contributed by atoms with E-state index in [1.54, 1.807) is 19.1 Å². The van der Waals surface area contributed by atoms with Gasteiger partial charge >= 0.3 is 0 Å². The first-order valence-electron chi connectivity index (χ1n) is 5.33. The van der Waals surface area contributed by atoms with E-state index in [1.807, 2.05) is 0 Å². The summed E-state index contributed by atoms with van der Waals surface area (Å²) in [5.74, 6) is -0.681. The van der Waals surface area contributed by atoms with E-state index in [1.165, 1.54) is 6.07 Å². The number of anilines is 1. The van der Waals surface area contributed by atoms with Crippen molar-refractivity contribution in [3.05, 3.63) is 29.6 Å². The van der Waals surface area contributed by atoms with Crippen LogP contribution in [-0.4, -0.2) is 25.9 Å². The number of rotatable bonds is 6. The average molecular weight is 261 g/mol. The van der Waals surface area contributed by atoms with E-state index in [2.05, 4.69) is 4.72 Å². The van der Waals surface area contributed by atoms with Crippen molar-refractivity contribution in [1.29, 1.82) is 0 Å². The lowest BCUT2D eigenvalue weighted by Crippen LogP contribution is -2.18. The molecule has 0 amide bonds. The Morgan fingerprint density at radius 3 is 2.71 bits per heavy atom. The molecule has 0 saturated carbocycles. The van der Waals surface area contributed by atoms with Crippen molar-refractivity contribution in [1.82, 2.24) is 0 Å². The van der Waals surface area contributed by atoms with E-state index >= 15 is 0 Å². The second-order valence-corrected chi connectivity index (χ2v) is 5.63. The summed E-state index contributed by atoms with van der Waals surface area (Å²) in [7, 11) is -3.55. The molecule has 0 aliphatic heterocycles. The van der Waals surface area contributed by atoms with Crippen molar-refractivity contribution in [2.75, 3.05) is 17.1 Å². The zero-order valence-electron chi connectivity index (χ0n) is 9.61. The summed E-state index contributed by atoms with van der Waals surface area (Å²) in [4.78, 5) is 0. The highest BCUT2D eigenvalue weighted by atomic mass is 32.2. The number of sulfonamides is 1. The Balaban J connectivity index is 2.73. The third-order valence-electron chi connectivity index (χ3n) is 2.28. The Morgan fingerprint density at radius 1 is 1.35 bits per heavy atom. The first-order chi connectivity index (χ1) is 7.96. The monoisotopic (exact) mass is 261 g/mol. The van der Waals surface area contributed by atoms with Gasteiger partial charge in [-0.2, -0.15) is 0 Å². The molecular weight excluding hydrogens is 245 g/mol. The van der Waals surface area contributed by atoms with Gasteiger partial charge < -0.3 is 5.11 Å². The van der Waals surface area contributed by atoms with Crippen LogP contribution in [0.15, 0.2) is 18.2 Å². The van der Waals surface area contributed by atoms with Gasteiger partial charge in [-0.25, -0.2) is 12.8 Å². The number of aliphatic hydroxyl groups excluding tert-OH is 1. The second-order valence-electron chi connectivity index (χ2n) is 3.79. The predicted octanol–water partition coefficient (Wildman–Crippen LogP) is 1.65. The van der Waals surface area contributed by atoms with Gasteiger partial charge in [0.25, 0.3) is 0 Å². The van der Waals surface area contributed by atoms with Gasteiger partial charge in [0.2, 0.25) is 10.0 Å². The van der Waals surface area contributed by atoms with Crippen molar-refractivity contribution in [3.63, 3.8) is 0 Å². The normalized spacial score (nSPS) is 11.5. The summed E-state index contributed by atoms with van der Waals surface area (Å²) in [6.07, 6.45) is 0.760. The van der Waals surface area contributed by atoms with Crippen molar-refractivity contribution in [3.8, 4) is 0 Å². The molecular formula is C11H16FNO3S. The molecule has 0 bridgehead atoms. The van der Waals surface area contributed by atoms with Gasteiger partial charge in [-0.05, 0) is 31.4 Å². The zero-order valence-corrected chi connectivity index (χ0v) is 10.4. The van der Waals surface area contributed by atoms with Crippen molar-refractivity contribution in [2.45, 2.75) is 19.8 Å². The number of aryl methyl sites for hydroxylation is 1. The average Bonchev–Trinajstić information content (AvgIpc) is 2.25. The molecule has 0 fully saturated rings. The van der Waals surface area contributed by atoms with E-state index in [9.17, 15) is 12.8 Å². The molecule has 0 saturated heterocycles. The minimum absolute atomic E-state index is 0.0333. The van der Waals surface area contributed by atoms with Crippen molar-refractivity contribution >= 4 is 15.7 Å². The van der Waals surface area contributed by atoms with E-state index in [-0.39, 0.29) is 18.0 Å². The van der Waals surface area contributed by atoms with Crippen LogP contribution < -0.4 is 4.72 Å². The number of aliphatic hydroxyl groups is 1. The highest BCUT2D eigenvalue weighted by Crippen LogP contribution is 2.18. The first kappa shape index (κ1) is 13.9. The molecule has 6 heteroatoms. The molecule has 1 aromatic carbocycles. The zero-order chi connectivity index (χ0) is 12.9. The molecule has 0 aromatic heterocycles. The van der Waals surface area contributed by atoms with Gasteiger partial charge in [-0.3, -0.25) is 4.72 Å². The second kappa shape index (κ2) is 5.97. The Bertz CT molecular complexity index is 474.